The van der Waals surface area contributed by atoms with Crippen molar-refractivity contribution in [1.29, 1.82) is 0 Å². The molecular weight excluding hydrogens is 200 g/mol. The first-order valence-corrected chi connectivity index (χ1v) is 9.21. The Morgan fingerprint density at radius 1 is 0.900 bits per heavy atom. The van der Waals surface area contributed by atoms with Crippen LogP contribution in [0.2, 0.25) is 4.05 Å². The van der Waals surface area contributed by atoms with Gasteiger partial charge < -0.3 is 12.9 Å². The van der Waals surface area contributed by atoms with E-state index in [2.05, 4.69) is 12.9 Å². The molecule has 1 fully saturated rings. The van der Waals surface area contributed by atoms with Gasteiger partial charge in [-0.2, -0.15) is 0 Å². The predicted molar refractivity (Wildman–Crippen MR) is 50.8 cm³/mol. The molecule has 0 aromatic heterocycles. The summed E-state index contributed by atoms with van der Waals surface area (Å²) < 4.78 is 1.13. The van der Waals surface area contributed by atoms with Gasteiger partial charge in [0.05, 0.1) is 0 Å². The third-order valence-corrected chi connectivity index (χ3v) is 6.44. The average Bonchev–Trinajstić information content (AvgIpc) is 1.87. The third kappa shape index (κ3) is 3.58. The monoisotopic (exact) mass is 214 g/mol. The zero-order chi connectivity index (χ0) is 7.23. The molecule has 0 aromatic carbocycles. The summed E-state index contributed by atoms with van der Waals surface area (Å²) in [6.07, 6.45) is 10.5. The molecule has 0 N–H and O–H groups in total. The molecule has 1 rings (SSSR count). The van der Waals surface area contributed by atoms with Gasteiger partial charge in [0.25, 0.3) is 0 Å². The van der Waals surface area contributed by atoms with Crippen LogP contribution in [0.3, 0.4) is 0 Å². The summed E-state index contributed by atoms with van der Waals surface area (Å²) in [6, 6.07) is 0. The lowest BCUT2D eigenvalue weighted by Gasteiger charge is -2.16. The maximum absolute atomic E-state index is 3.71. The summed E-state index contributed by atoms with van der Waals surface area (Å²) in [5.41, 5.74) is 0. The molecule has 0 unspecified atom stereocenters. The summed E-state index contributed by atoms with van der Waals surface area (Å²) in [5, 5.41) is 0. The van der Waals surface area contributed by atoms with E-state index in [1.54, 1.807) is 0 Å². The average molecular weight is 215 g/mol. The lowest BCUT2D eigenvalue weighted by molar-refractivity contribution is 0.503. The Bertz CT molecular complexity index is 77.3. The van der Waals surface area contributed by atoms with Crippen LogP contribution in [-0.4, -0.2) is 18.2 Å². The van der Waals surface area contributed by atoms with Gasteiger partial charge in [0, 0.05) is 0 Å². The molecule has 2 heteroatoms. The predicted octanol–water partition coefficient (Wildman–Crippen LogP) is 3.53. The fourth-order valence-corrected chi connectivity index (χ4v) is 4.52. The standard InChI is InChI=1S/C8H15.BrH.Mg/c1-2-4-6-8-7-5-3-1;;/h1H,2-8H2;1H;/q;;+1/p-1. The highest BCUT2D eigenvalue weighted by Crippen LogP contribution is 2.26. The lowest BCUT2D eigenvalue weighted by Crippen LogP contribution is -2.00. The highest BCUT2D eigenvalue weighted by Gasteiger charge is 2.11. The summed E-state index contributed by atoms with van der Waals surface area (Å²) in [5.74, 6) is 0. The van der Waals surface area contributed by atoms with Crippen LogP contribution < -0.4 is 0 Å². The van der Waals surface area contributed by atoms with Crippen molar-refractivity contribution in [2.24, 2.45) is 0 Å². The minimum Gasteiger partial charge on any atom is -0.306 e. The van der Waals surface area contributed by atoms with Crippen LogP contribution in [0.15, 0.2) is 0 Å². The molecular formula is C8H15BrMg. The second kappa shape index (κ2) is 5.84. The molecule has 1 aliphatic rings. The molecule has 0 bridgehead atoms. The smallest absolute Gasteiger partial charge is 0.306 e. The number of hydrogen-bond donors (Lipinski definition) is 0. The molecule has 0 atom stereocenters. The van der Waals surface area contributed by atoms with E-state index in [4.69, 9.17) is 0 Å². The van der Waals surface area contributed by atoms with Crippen LogP contribution in [0.25, 0.3) is 0 Å². The summed E-state index contributed by atoms with van der Waals surface area (Å²) in [4.78, 5) is 0. The third-order valence-electron chi connectivity index (χ3n) is 2.44. The molecule has 1 saturated carbocycles. The fourth-order valence-electron chi connectivity index (χ4n) is 1.69. The van der Waals surface area contributed by atoms with Gasteiger partial charge in [0.1, 0.15) is 0 Å². The van der Waals surface area contributed by atoms with Crippen molar-refractivity contribution in [3.63, 3.8) is 0 Å². The Morgan fingerprint density at radius 3 is 1.90 bits per heavy atom. The van der Waals surface area contributed by atoms with Gasteiger partial charge in [-0.3, -0.25) is 0 Å². The molecule has 0 nitrogen and oxygen atoms in total. The normalized spacial score (nSPS) is 22.9. The van der Waals surface area contributed by atoms with Crippen LogP contribution in [0.5, 0.6) is 0 Å². The molecule has 56 valence electrons. The topological polar surface area (TPSA) is 0 Å². The molecule has 10 heavy (non-hydrogen) atoms. The van der Waals surface area contributed by atoms with E-state index in [-0.39, 0.29) is 18.2 Å². The first-order chi connectivity index (χ1) is 4.93. The van der Waals surface area contributed by atoms with Gasteiger partial charge in [-0.15, -0.1) is 4.05 Å². The molecule has 0 aromatic rings. The van der Waals surface area contributed by atoms with Crippen LogP contribution in [0.1, 0.15) is 44.9 Å². The van der Waals surface area contributed by atoms with Gasteiger partial charge in [0.15, 0.2) is 0 Å². The van der Waals surface area contributed by atoms with Crippen LogP contribution in [0, 0.1) is 0 Å². The van der Waals surface area contributed by atoms with Gasteiger partial charge >= 0.3 is 18.2 Å². The van der Waals surface area contributed by atoms with Crippen molar-refractivity contribution < 1.29 is 0 Å². The first kappa shape index (κ1) is 9.34. The molecule has 1 aliphatic carbocycles. The van der Waals surface area contributed by atoms with Crippen molar-refractivity contribution in [2.75, 3.05) is 0 Å². The second-order valence-corrected chi connectivity index (χ2v) is 6.77. The van der Waals surface area contributed by atoms with Crippen LogP contribution in [0.4, 0.5) is 0 Å². The maximum atomic E-state index is 3.71. The summed E-state index contributed by atoms with van der Waals surface area (Å²) in [6.45, 7) is 0. The van der Waals surface area contributed by atoms with E-state index in [1.165, 1.54) is 44.9 Å². The zero-order valence-corrected chi connectivity index (χ0v) is 9.61. The van der Waals surface area contributed by atoms with E-state index in [9.17, 15) is 0 Å². The zero-order valence-electron chi connectivity index (χ0n) is 6.61. The minimum absolute atomic E-state index is 0.143. The summed E-state index contributed by atoms with van der Waals surface area (Å²) >= 11 is 3.85. The van der Waals surface area contributed by atoms with E-state index >= 15 is 0 Å². The molecule has 0 aliphatic heterocycles. The largest absolute Gasteiger partial charge is 0.471 e. The SMILES string of the molecule is [Br][Mg][CH]1CCCCCCC1. The van der Waals surface area contributed by atoms with E-state index < -0.39 is 0 Å². The number of hydrogen-bond acceptors (Lipinski definition) is 0. The van der Waals surface area contributed by atoms with Gasteiger partial charge in [0.2, 0.25) is 0 Å². The Kier molecular flexibility index (Phi) is 5.45. The lowest BCUT2D eigenvalue weighted by atomic mass is 10.0. The molecule has 0 saturated heterocycles. The van der Waals surface area contributed by atoms with Gasteiger partial charge in [-0.25, -0.2) is 0 Å². The van der Waals surface area contributed by atoms with Crippen molar-refractivity contribution in [1.82, 2.24) is 0 Å². The molecule has 0 amide bonds. The number of halogens is 1. The highest BCUT2D eigenvalue weighted by molar-refractivity contribution is 9.23. The van der Waals surface area contributed by atoms with E-state index in [0.29, 0.717) is 0 Å². The van der Waals surface area contributed by atoms with Crippen LogP contribution in [-0.2, 0) is 0 Å². The Morgan fingerprint density at radius 2 is 1.40 bits per heavy atom. The molecule has 0 heterocycles. The molecule has 0 radical (unpaired) electrons. The van der Waals surface area contributed by atoms with E-state index in [0.717, 1.165) is 4.05 Å². The van der Waals surface area contributed by atoms with E-state index in [1.807, 2.05) is 0 Å². The highest BCUT2D eigenvalue weighted by atomic mass is 79.9. The van der Waals surface area contributed by atoms with Crippen molar-refractivity contribution in [2.45, 2.75) is 49.0 Å². The van der Waals surface area contributed by atoms with Gasteiger partial charge in [-0.05, 0) is 0 Å². The Hall–Kier alpha value is 1.25. The Balaban J connectivity index is 2.16. The fraction of sp³-hybridized carbons (Fsp3) is 1.00. The number of rotatable bonds is 1. The Labute approximate surface area is 79.7 Å². The summed E-state index contributed by atoms with van der Waals surface area (Å²) in [7, 11) is 0. The minimum atomic E-state index is 0.143. The second-order valence-electron chi connectivity index (χ2n) is 3.37. The van der Waals surface area contributed by atoms with Crippen molar-refractivity contribution >= 4 is 31.1 Å². The van der Waals surface area contributed by atoms with Crippen molar-refractivity contribution in [3.8, 4) is 0 Å². The molecule has 0 spiro atoms. The maximum Gasteiger partial charge on any atom is 0.471 e. The van der Waals surface area contributed by atoms with Gasteiger partial charge in [-0.1, -0.05) is 44.9 Å². The quantitative estimate of drug-likeness (QED) is 0.587. The first-order valence-electron chi connectivity index (χ1n) is 4.49. The van der Waals surface area contributed by atoms with Crippen LogP contribution >= 0.6 is 12.9 Å². The van der Waals surface area contributed by atoms with Crippen molar-refractivity contribution in [3.05, 3.63) is 0 Å².